The number of benzene rings is 1. The van der Waals surface area contributed by atoms with E-state index in [0.29, 0.717) is 13.1 Å². The zero-order chi connectivity index (χ0) is 17.9. The molecule has 2 N–H and O–H groups in total. The predicted molar refractivity (Wildman–Crippen MR) is 85.5 cm³/mol. The molecule has 0 aliphatic carbocycles. The molecule has 0 aromatic heterocycles. The second kappa shape index (κ2) is 7.53. The van der Waals surface area contributed by atoms with Gasteiger partial charge < -0.3 is 10.4 Å². The molecule has 0 bridgehead atoms. The van der Waals surface area contributed by atoms with Gasteiger partial charge in [0.25, 0.3) is 0 Å². The van der Waals surface area contributed by atoms with E-state index in [0.717, 1.165) is 25.0 Å². The molecule has 0 spiro atoms. The summed E-state index contributed by atoms with van der Waals surface area (Å²) in [7, 11) is 0. The van der Waals surface area contributed by atoms with Crippen LogP contribution in [0.15, 0.2) is 24.3 Å². The minimum Gasteiger partial charge on any atom is -0.393 e. The SMILES string of the molecule is CC(O)C1CCN(C(C)C(=O)Nc2cccc(C(F)(F)F)c2)CC1. The summed E-state index contributed by atoms with van der Waals surface area (Å²) in [6, 6.07) is 4.19. The lowest BCUT2D eigenvalue weighted by Crippen LogP contribution is -2.47. The van der Waals surface area contributed by atoms with Crippen molar-refractivity contribution < 1.29 is 23.1 Å². The Bertz CT molecular complexity index is 567. The van der Waals surface area contributed by atoms with Crippen molar-refractivity contribution in [2.75, 3.05) is 18.4 Å². The summed E-state index contributed by atoms with van der Waals surface area (Å²) in [6.07, 6.45) is -3.19. The standard InChI is InChI=1S/C17H23F3N2O2/c1-11(22-8-6-13(7-9-22)12(2)23)16(24)21-15-5-3-4-14(10-15)17(18,19)20/h3-5,10-13,23H,6-9H2,1-2H3,(H,21,24). The van der Waals surface area contributed by atoms with Gasteiger partial charge in [0.2, 0.25) is 5.91 Å². The van der Waals surface area contributed by atoms with Crippen molar-refractivity contribution in [1.29, 1.82) is 0 Å². The maximum atomic E-state index is 12.7. The first-order valence-corrected chi connectivity index (χ1v) is 8.08. The molecule has 1 heterocycles. The second-order valence-electron chi connectivity index (χ2n) is 6.36. The number of hydrogen-bond donors (Lipinski definition) is 2. The van der Waals surface area contributed by atoms with Gasteiger partial charge in [-0.1, -0.05) is 6.07 Å². The molecule has 4 nitrogen and oxygen atoms in total. The largest absolute Gasteiger partial charge is 0.416 e. The molecule has 134 valence electrons. The van der Waals surface area contributed by atoms with E-state index in [1.165, 1.54) is 12.1 Å². The van der Waals surface area contributed by atoms with Gasteiger partial charge in [-0.25, -0.2) is 0 Å². The van der Waals surface area contributed by atoms with E-state index >= 15 is 0 Å². The van der Waals surface area contributed by atoms with Crippen molar-refractivity contribution in [3.63, 3.8) is 0 Å². The van der Waals surface area contributed by atoms with E-state index in [1.807, 2.05) is 4.90 Å². The van der Waals surface area contributed by atoms with Gasteiger partial charge in [0.05, 0.1) is 17.7 Å². The smallest absolute Gasteiger partial charge is 0.393 e. The summed E-state index contributed by atoms with van der Waals surface area (Å²) in [5.41, 5.74) is -0.647. The molecular weight excluding hydrogens is 321 g/mol. The third-order valence-electron chi connectivity index (χ3n) is 4.64. The van der Waals surface area contributed by atoms with E-state index in [4.69, 9.17) is 0 Å². The summed E-state index contributed by atoms with van der Waals surface area (Å²) >= 11 is 0. The normalized spacial score (nSPS) is 19.8. The first-order chi connectivity index (χ1) is 11.2. The highest BCUT2D eigenvalue weighted by molar-refractivity contribution is 5.94. The van der Waals surface area contributed by atoms with Crippen LogP contribution in [0.1, 0.15) is 32.3 Å². The summed E-state index contributed by atoms with van der Waals surface area (Å²) in [4.78, 5) is 14.3. The Kier molecular flexibility index (Phi) is 5.87. The highest BCUT2D eigenvalue weighted by Gasteiger charge is 2.31. The van der Waals surface area contributed by atoms with Crippen LogP contribution in [0.5, 0.6) is 0 Å². The van der Waals surface area contributed by atoms with Crippen LogP contribution in [0.2, 0.25) is 0 Å². The van der Waals surface area contributed by atoms with Gasteiger partial charge >= 0.3 is 6.18 Å². The minimum atomic E-state index is -4.44. The number of aliphatic hydroxyl groups excluding tert-OH is 1. The van der Waals surface area contributed by atoms with Crippen LogP contribution < -0.4 is 5.32 Å². The lowest BCUT2D eigenvalue weighted by atomic mass is 9.91. The zero-order valence-electron chi connectivity index (χ0n) is 13.8. The van der Waals surface area contributed by atoms with Crippen molar-refractivity contribution >= 4 is 11.6 Å². The fraction of sp³-hybridized carbons (Fsp3) is 0.588. The number of aliphatic hydroxyl groups is 1. The molecule has 2 rings (SSSR count). The Morgan fingerprint density at radius 3 is 2.46 bits per heavy atom. The maximum Gasteiger partial charge on any atom is 0.416 e. The van der Waals surface area contributed by atoms with Crippen molar-refractivity contribution in [3.05, 3.63) is 29.8 Å². The van der Waals surface area contributed by atoms with Crippen LogP contribution in [0, 0.1) is 5.92 Å². The summed E-state index contributed by atoms with van der Waals surface area (Å²) < 4.78 is 38.1. The van der Waals surface area contributed by atoms with Gasteiger partial charge in [0.15, 0.2) is 0 Å². The average molecular weight is 344 g/mol. The molecule has 24 heavy (non-hydrogen) atoms. The lowest BCUT2D eigenvalue weighted by molar-refractivity contribution is -0.137. The number of amides is 1. The van der Waals surface area contributed by atoms with E-state index in [-0.39, 0.29) is 23.6 Å². The van der Waals surface area contributed by atoms with Gasteiger partial charge in [-0.15, -0.1) is 0 Å². The fourth-order valence-electron chi connectivity index (χ4n) is 2.97. The third kappa shape index (κ3) is 4.70. The third-order valence-corrected chi connectivity index (χ3v) is 4.64. The number of likely N-dealkylation sites (tertiary alicyclic amines) is 1. The van der Waals surface area contributed by atoms with Crippen molar-refractivity contribution in [2.45, 2.75) is 45.0 Å². The number of hydrogen-bond acceptors (Lipinski definition) is 3. The Labute approximate surface area is 139 Å². The van der Waals surface area contributed by atoms with Gasteiger partial charge in [0, 0.05) is 5.69 Å². The van der Waals surface area contributed by atoms with E-state index in [1.54, 1.807) is 13.8 Å². The number of anilines is 1. The van der Waals surface area contributed by atoms with Crippen molar-refractivity contribution in [1.82, 2.24) is 4.90 Å². The summed E-state index contributed by atoms with van der Waals surface area (Å²) in [5.74, 6) is -0.0928. The first-order valence-electron chi connectivity index (χ1n) is 8.08. The first kappa shape index (κ1) is 18.7. The monoisotopic (exact) mass is 344 g/mol. The molecule has 1 aliphatic heterocycles. The molecule has 1 aliphatic rings. The number of nitrogens with zero attached hydrogens (tertiary/aromatic N) is 1. The molecule has 7 heteroatoms. The Balaban J connectivity index is 1.95. The second-order valence-corrected chi connectivity index (χ2v) is 6.36. The average Bonchev–Trinajstić information content (AvgIpc) is 2.53. The number of halogens is 3. The topological polar surface area (TPSA) is 52.6 Å². The predicted octanol–water partition coefficient (Wildman–Crippen LogP) is 3.13. The minimum absolute atomic E-state index is 0.139. The van der Waals surface area contributed by atoms with Crippen LogP contribution in [0.4, 0.5) is 18.9 Å². The molecule has 1 amide bonds. The molecule has 0 radical (unpaired) electrons. The quantitative estimate of drug-likeness (QED) is 0.882. The van der Waals surface area contributed by atoms with Crippen LogP contribution in [0.25, 0.3) is 0 Å². The number of carbonyl (C=O) groups excluding carboxylic acids is 1. The number of nitrogens with one attached hydrogen (secondary N) is 1. The van der Waals surface area contributed by atoms with Crippen LogP contribution in [-0.2, 0) is 11.0 Å². The number of alkyl halides is 3. The van der Waals surface area contributed by atoms with Gasteiger partial charge in [-0.2, -0.15) is 13.2 Å². The van der Waals surface area contributed by atoms with Gasteiger partial charge in [-0.05, 0) is 63.9 Å². The lowest BCUT2D eigenvalue weighted by Gasteiger charge is -2.36. The zero-order valence-corrected chi connectivity index (χ0v) is 13.8. The molecular formula is C17H23F3N2O2. The molecule has 1 fully saturated rings. The summed E-state index contributed by atoms with van der Waals surface area (Å²) in [6.45, 7) is 4.88. The fourth-order valence-corrected chi connectivity index (χ4v) is 2.97. The van der Waals surface area contributed by atoms with Crippen LogP contribution >= 0.6 is 0 Å². The Morgan fingerprint density at radius 1 is 1.29 bits per heavy atom. The van der Waals surface area contributed by atoms with Gasteiger partial charge in [-0.3, -0.25) is 9.69 Å². The molecule has 1 aromatic rings. The van der Waals surface area contributed by atoms with Crippen LogP contribution in [0.3, 0.4) is 0 Å². The highest BCUT2D eigenvalue weighted by atomic mass is 19.4. The van der Waals surface area contributed by atoms with E-state index in [2.05, 4.69) is 5.32 Å². The number of carbonyl (C=O) groups is 1. The molecule has 2 atom stereocenters. The molecule has 1 aromatic carbocycles. The Hall–Kier alpha value is -1.60. The van der Waals surface area contributed by atoms with Gasteiger partial charge in [0.1, 0.15) is 0 Å². The maximum absolute atomic E-state index is 12.7. The molecule has 1 saturated heterocycles. The van der Waals surface area contributed by atoms with E-state index < -0.39 is 17.8 Å². The summed E-state index contributed by atoms with van der Waals surface area (Å²) in [5, 5.41) is 12.2. The van der Waals surface area contributed by atoms with Crippen molar-refractivity contribution in [2.24, 2.45) is 5.92 Å². The molecule has 2 unspecified atom stereocenters. The Morgan fingerprint density at radius 2 is 1.92 bits per heavy atom. The van der Waals surface area contributed by atoms with Crippen molar-refractivity contribution in [3.8, 4) is 0 Å². The number of piperidine rings is 1. The van der Waals surface area contributed by atoms with Crippen LogP contribution in [-0.4, -0.2) is 41.1 Å². The number of rotatable bonds is 4. The molecule has 0 saturated carbocycles. The highest BCUT2D eigenvalue weighted by Crippen LogP contribution is 2.30. The van der Waals surface area contributed by atoms with E-state index in [9.17, 15) is 23.1 Å².